The first kappa shape index (κ1) is 21.6. The van der Waals surface area contributed by atoms with Crippen LogP contribution in [0.2, 0.25) is 0 Å². The van der Waals surface area contributed by atoms with Crippen molar-refractivity contribution < 1.29 is 13.2 Å². The van der Waals surface area contributed by atoms with Gasteiger partial charge in [0, 0.05) is 25.2 Å². The minimum absolute atomic E-state index is 0. The molecule has 0 saturated carbocycles. The Kier molecular flexibility index (Phi) is 7.50. The third kappa shape index (κ3) is 4.78. The van der Waals surface area contributed by atoms with Crippen molar-refractivity contribution in [3.63, 3.8) is 0 Å². The van der Waals surface area contributed by atoms with Crippen LogP contribution in [0.25, 0.3) is 0 Å². The van der Waals surface area contributed by atoms with Crippen molar-refractivity contribution >= 4 is 39.7 Å². The van der Waals surface area contributed by atoms with E-state index in [4.69, 9.17) is 0 Å². The van der Waals surface area contributed by atoms with Gasteiger partial charge in [0.15, 0.2) is 0 Å². The number of rotatable bonds is 4. The van der Waals surface area contributed by atoms with Crippen LogP contribution in [0.15, 0.2) is 16.3 Å². The molecule has 9 heteroatoms. The normalized spacial score (nSPS) is 25.5. The minimum atomic E-state index is -3.48. The van der Waals surface area contributed by atoms with E-state index in [2.05, 4.69) is 24.5 Å². The smallest absolute Gasteiger partial charge is 0.261 e. The molecule has 1 aromatic rings. The van der Waals surface area contributed by atoms with Crippen LogP contribution in [0.5, 0.6) is 0 Å². The number of carbonyl (C=O) groups excluding carboxylic acids is 1. The molecule has 0 bridgehead atoms. The molecule has 2 fully saturated rings. The average molecular weight is 422 g/mol. The van der Waals surface area contributed by atoms with Crippen molar-refractivity contribution in [3.05, 3.63) is 17.0 Å². The van der Waals surface area contributed by atoms with Crippen molar-refractivity contribution in [2.24, 2.45) is 5.92 Å². The number of piperidine rings is 2. The molecule has 2 unspecified atom stereocenters. The fraction of sp³-hybridized carbons (Fsp3) is 0.706. The van der Waals surface area contributed by atoms with Crippen LogP contribution in [0.1, 0.15) is 49.2 Å². The molecule has 3 rings (SSSR count). The number of nitrogens with one attached hydrogen (secondary N) is 2. The first-order valence-electron chi connectivity index (χ1n) is 9.02. The molecule has 0 aliphatic carbocycles. The van der Waals surface area contributed by atoms with E-state index in [0.29, 0.717) is 23.9 Å². The lowest BCUT2D eigenvalue weighted by Crippen LogP contribution is -2.51. The van der Waals surface area contributed by atoms with Gasteiger partial charge in [-0.05, 0) is 57.2 Å². The van der Waals surface area contributed by atoms with E-state index >= 15 is 0 Å². The molecule has 0 aromatic carbocycles. The predicted molar refractivity (Wildman–Crippen MR) is 107 cm³/mol. The summed E-state index contributed by atoms with van der Waals surface area (Å²) >= 11 is 1.07. The van der Waals surface area contributed by atoms with Crippen LogP contribution >= 0.6 is 23.7 Å². The van der Waals surface area contributed by atoms with Gasteiger partial charge in [0.25, 0.3) is 15.9 Å². The Hall–Kier alpha value is -0.670. The summed E-state index contributed by atoms with van der Waals surface area (Å²) in [6, 6.07) is 3.51. The molecular weight excluding hydrogens is 394 g/mol. The zero-order valence-corrected chi connectivity index (χ0v) is 17.7. The molecule has 6 nitrogen and oxygen atoms in total. The van der Waals surface area contributed by atoms with Crippen molar-refractivity contribution in [2.45, 2.75) is 55.8 Å². The highest BCUT2D eigenvalue weighted by molar-refractivity contribution is 7.91. The molecule has 0 spiro atoms. The second-order valence-electron chi connectivity index (χ2n) is 7.17. The molecule has 2 N–H and O–H groups in total. The maximum atomic E-state index is 12.8. The lowest BCUT2D eigenvalue weighted by molar-refractivity contribution is 0.0924. The highest BCUT2D eigenvalue weighted by Crippen LogP contribution is 2.28. The van der Waals surface area contributed by atoms with E-state index in [-0.39, 0.29) is 34.6 Å². The zero-order chi connectivity index (χ0) is 18.0. The van der Waals surface area contributed by atoms with E-state index in [1.54, 1.807) is 16.4 Å². The van der Waals surface area contributed by atoms with Crippen LogP contribution in [0.3, 0.4) is 0 Å². The number of carbonyl (C=O) groups is 1. The maximum absolute atomic E-state index is 12.8. The van der Waals surface area contributed by atoms with Gasteiger partial charge in [0.1, 0.15) is 4.21 Å². The maximum Gasteiger partial charge on any atom is 0.261 e. The highest BCUT2D eigenvalue weighted by Gasteiger charge is 2.30. The molecule has 1 amide bonds. The van der Waals surface area contributed by atoms with E-state index in [9.17, 15) is 13.2 Å². The molecule has 26 heavy (non-hydrogen) atoms. The third-order valence-corrected chi connectivity index (χ3v) is 8.67. The van der Waals surface area contributed by atoms with Gasteiger partial charge in [-0.2, -0.15) is 4.31 Å². The Balaban J connectivity index is 0.00000243. The number of halogens is 1. The van der Waals surface area contributed by atoms with Crippen LogP contribution in [0.4, 0.5) is 0 Å². The van der Waals surface area contributed by atoms with Crippen molar-refractivity contribution in [2.75, 3.05) is 19.6 Å². The quantitative estimate of drug-likeness (QED) is 0.782. The Morgan fingerprint density at radius 1 is 1.23 bits per heavy atom. The topological polar surface area (TPSA) is 78.5 Å². The number of sulfonamides is 1. The molecule has 0 radical (unpaired) electrons. The number of hydrogen-bond acceptors (Lipinski definition) is 5. The van der Waals surface area contributed by atoms with E-state index in [0.717, 1.165) is 43.6 Å². The summed E-state index contributed by atoms with van der Waals surface area (Å²) in [5.74, 6) is 0.390. The minimum Gasteiger partial charge on any atom is -0.347 e. The Bertz CT molecular complexity index is 715. The second kappa shape index (κ2) is 9.01. The second-order valence-corrected chi connectivity index (χ2v) is 10.4. The number of amides is 1. The summed E-state index contributed by atoms with van der Waals surface area (Å²) in [5, 5.41) is 6.39. The first-order valence-corrected chi connectivity index (χ1v) is 11.3. The summed E-state index contributed by atoms with van der Waals surface area (Å²) in [4.78, 5) is 12.9. The summed E-state index contributed by atoms with van der Waals surface area (Å²) in [7, 11) is -3.48. The van der Waals surface area contributed by atoms with E-state index in [1.165, 1.54) is 0 Å². The lowest BCUT2D eigenvalue weighted by atomic mass is 10.00. The fourth-order valence-electron chi connectivity index (χ4n) is 3.41. The SMILES string of the molecule is CC1CCN(S(=O)(=O)c2ccc(C(=O)NC3CCCNC3C)s2)CC1.Cl. The van der Waals surface area contributed by atoms with Gasteiger partial charge in [-0.25, -0.2) is 8.42 Å². The first-order chi connectivity index (χ1) is 11.9. The molecule has 2 atom stereocenters. The van der Waals surface area contributed by atoms with Crippen LogP contribution in [0, 0.1) is 5.92 Å². The van der Waals surface area contributed by atoms with Crippen molar-refractivity contribution in [1.82, 2.24) is 14.9 Å². The predicted octanol–water partition coefficient (Wildman–Crippen LogP) is 2.46. The zero-order valence-electron chi connectivity index (χ0n) is 15.2. The van der Waals surface area contributed by atoms with Gasteiger partial charge in [-0.1, -0.05) is 6.92 Å². The molecule has 148 valence electrons. The molecular formula is C17H28ClN3O3S2. The summed E-state index contributed by atoms with van der Waals surface area (Å²) in [6.07, 6.45) is 3.77. The average Bonchev–Trinajstić information content (AvgIpc) is 3.08. The number of nitrogens with zero attached hydrogens (tertiary/aromatic N) is 1. The highest BCUT2D eigenvalue weighted by atomic mass is 35.5. The van der Waals surface area contributed by atoms with Gasteiger partial charge in [-0.3, -0.25) is 4.79 Å². The standard InChI is InChI=1S/C17H27N3O3S2.ClH/c1-12-7-10-20(11-8-12)25(22,23)16-6-5-15(24-16)17(21)19-14-4-3-9-18-13(14)2;/h5-6,12-14,18H,3-4,7-11H2,1-2H3,(H,19,21);1H. The fourth-order valence-corrected chi connectivity index (χ4v) is 6.25. The van der Waals surface area contributed by atoms with Gasteiger partial charge in [0.05, 0.1) is 4.88 Å². The van der Waals surface area contributed by atoms with E-state index < -0.39 is 10.0 Å². The van der Waals surface area contributed by atoms with Gasteiger partial charge in [0.2, 0.25) is 0 Å². The largest absolute Gasteiger partial charge is 0.347 e. The molecule has 1 aromatic heterocycles. The van der Waals surface area contributed by atoms with Gasteiger partial charge < -0.3 is 10.6 Å². The van der Waals surface area contributed by atoms with Crippen LogP contribution in [-0.2, 0) is 10.0 Å². The number of hydrogen-bond donors (Lipinski definition) is 2. The summed E-state index contributed by atoms with van der Waals surface area (Å²) < 4.78 is 27.3. The Morgan fingerprint density at radius 3 is 2.58 bits per heavy atom. The van der Waals surface area contributed by atoms with Crippen LogP contribution in [-0.4, -0.2) is 50.3 Å². The molecule has 3 heterocycles. The molecule has 2 saturated heterocycles. The van der Waals surface area contributed by atoms with Gasteiger partial charge in [-0.15, -0.1) is 23.7 Å². The Morgan fingerprint density at radius 2 is 1.92 bits per heavy atom. The molecule has 2 aliphatic heterocycles. The van der Waals surface area contributed by atoms with Crippen LogP contribution < -0.4 is 10.6 Å². The monoisotopic (exact) mass is 421 g/mol. The van der Waals surface area contributed by atoms with E-state index in [1.807, 2.05) is 0 Å². The summed E-state index contributed by atoms with van der Waals surface area (Å²) in [6.45, 7) is 6.32. The van der Waals surface area contributed by atoms with Gasteiger partial charge >= 0.3 is 0 Å². The van der Waals surface area contributed by atoms with Crippen molar-refractivity contribution in [1.29, 1.82) is 0 Å². The third-order valence-electron chi connectivity index (χ3n) is 5.22. The van der Waals surface area contributed by atoms with Crippen molar-refractivity contribution in [3.8, 4) is 0 Å². The lowest BCUT2D eigenvalue weighted by Gasteiger charge is -2.30. The summed E-state index contributed by atoms with van der Waals surface area (Å²) in [5.41, 5.74) is 0. The number of thiophene rings is 1. The molecule has 2 aliphatic rings. The Labute approximate surface area is 166 Å².